The maximum atomic E-state index is 11.6. The molecule has 1 saturated carbocycles. The number of hydrogen-bond donors (Lipinski definition) is 1. The second kappa shape index (κ2) is 2.46. The molecule has 0 aromatic carbocycles. The van der Waals surface area contributed by atoms with Crippen LogP contribution in [0.25, 0.3) is 0 Å². The van der Waals surface area contributed by atoms with Crippen LogP contribution in [0.15, 0.2) is 0 Å². The Morgan fingerprint density at radius 2 is 2.45 bits per heavy atom. The molecule has 1 N–H and O–H groups in total. The molecule has 2 rings (SSSR count). The molecule has 1 radical (unpaired) electrons. The largest absolute Gasteiger partial charge is 0.313 e. The van der Waals surface area contributed by atoms with Crippen molar-refractivity contribution in [3.63, 3.8) is 0 Å². The molecular formula is C9H16NO. The molecule has 0 aromatic heterocycles. The zero-order valence-electron chi connectivity index (χ0n) is 7.10. The molecule has 0 bridgehead atoms. The van der Waals surface area contributed by atoms with E-state index in [0.29, 0.717) is 6.04 Å². The molecule has 63 valence electrons. The molecule has 3 unspecified atom stereocenters. The normalized spacial score (nSPS) is 44.7. The van der Waals surface area contributed by atoms with Crippen LogP contribution in [0.3, 0.4) is 0 Å². The van der Waals surface area contributed by atoms with Gasteiger partial charge in [0.15, 0.2) is 0 Å². The van der Waals surface area contributed by atoms with Crippen molar-refractivity contribution in [2.45, 2.75) is 44.8 Å². The minimum atomic E-state index is -0.309. The van der Waals surface area contributed by atoms with Crippen molar-refractivity contribution in [2.75, 3.05) is 6.54 Å². The fraction of sp³-hybridized carbons (Fsp3) is 1.00. The first kappa shape index (κ1) is 7.56. The Morgan fingerprint density at radius 1 is 1.64 bits per heavy atom. The maximum Gasteiger partial charge on any atom is 0.0998 e. The predicted molar refractivity (Wildman–Crippen MR) is 42.8 cm³/mol. The summed E-state index contributed by atoms with van der Waals surface area (Å²) < 4.78 is 0. The Hall–Kier alpha value is -0.0800. The molecule has 3 atom stereocenters. The van der Waals surface area contributed by atoms with Crippen molar-refractivity contribution in [3.8, 4) is 0 Å². The van der Waals surface area contributed by atoms with Gasteiger partial charge in [0, 0.05) is 11.5 Å². The summed E-state index contributed by atoms with van der Waals surface area (Å²) in [6.07, 6.45) is 4.03. The SMILES string of the molecule is CCC([O])C12CCNC1CC2. The van der Waals surface area contributed by atoms with E-state index in [1.54, 1.807) is 0 Å². The minimum Gasteiger partial charge on any atom is -0.313 e. The van der Waals surface area contributed by atoms with E-state index >= 15 is 0 Å². The monoisotopic (exact) mass is 154 g/mol. The summed E-state index contributed by atoms with van der Waals surface area (Å²) in [5.41, 5.74) is 0.175. The van der Waals surface area contributed by atoms with Crippen LogP contribution in [-0.2, 0) is 5.11 Å². The van der Waals surface area contributed by atoms with Gasteiger partial charge >= 0.3 is 0 Å². The quantitative estimate of drug-likeness (QED) is 0.639. The topological polar surface area (TPSA) is 31.9 Å². The smallest absolute Gasteiger partial charge is 0.0998 e. The summed E-state index contributed by atoms with van der Waals surface area (Å²) in [6.45, 7) is 3.09. The number of nitrogens with one attached hydrogen (secondary N) is 1. The lowest BCUT2D eigenvalue weighted by atomic mass is 9.61. The Labute approximate surface area is 68.0 Å². The highest BCUT2D eigenvalue weighted by atomic mass is 16.3. The molecule has 1 saturated heterocycles. The van der Waals surface area contributed by atoms with Gasteiger partial charge in [0.2, 0.25) is 0 Å². The third-order valence-corrected chi connectivity index (χ3v) is 3.59. The van der Waals surface area contributed by atoms with Crippen molar-refractivity contribution in [3.05, 3.63) is 0 Å². The van der Waals surface area contributed by atoms with Gasteiger partial charge in [-0.1, -0.05) is 6.92 Å². The van der Waals surface area contributed by atoms with E-state index in [0.717, 1.165) is 19.4 Å². The van der Waals surface area contributed by atoms with E-state index in [-0.39, 0.29) is 11.5 Å². The van der Waals surface area contributed by atoms with Crippen molar-refractivity contribution in [2.24, 2.45) is 5.41 Å². The average molecular weight is 154 g/mol. The molecule has 0 spiro atoms. The Bertz CT molecular complexity index is 160. The highest BCUT2D eigenvalue weighted by Gasteiger charge is 2.54. The van der Waals surface area contributed by atoms with Gasteiger partial charge in [-0.3, -0.25) is 0 Å². The van der Waals surface area contributed by atoms with E-state index < -0.39 is 0 Å². The molecule has 2 fully saturated rings. The van der Waals surface area contributed by atoms with Gasteiger partial charge in [-0.05, 0) is 32.2 Å². The summed E-state index contributed by atoms with van der Waals surface area (Å²) in [5.74, 6) is 0. The highest BCUT2D eigenvalue weighted by molar-refractivity contribution is 5.08. The lowest BCUT2D eigenvalue weighted by Gasteiger charge is -2.46. The second-order valence-electron chi connectivity index (χ2n) is 3.93. The lowest BCUT2D eigenvalue weighted by molar-refractivity contribution is -0.0813. The molecule has 0 amide bonds. The van der Waals surface area contributed by atoms with E-state index in [1.807, 2.05) is 6.92 Å². The molecular weight excluding hydrogens is 138 g/mol. The van der Waals surface area contributed by atoms with Crippen LogP contribution < -0.4 is 5.32 Å². The fourth-order valence-corrected chi connectivity index (χ4v) is 2.70. The number of hydrogen-bond acceptors (Lipinski definition) is 1. The molecule has 11 heavy (non-hydrogen) atoms. The Kier molecular flexibility index (Phi) is 1.69. The fourth-order valence-electron chi connectivity index (χ4n) is 2.70. The molecule has 1 aliphatic heterocycles. The number of fused-ring (bicyclic) bond motifs is 1. The van der Waals surface area contributed by atoms with Crippen molar-refractivity contribution < 1.29 is 5.11 Å². The zero-order valence-corrected chi connectivity index (χ0v) is 7.10. The van der Waals surface area contributed by atoms with Gasteiger partial charge in [0.05, 0.1) is 6.10 Å². The molecule has 2 heteroatoms. The van der Waals surface area contributed by atoms with E-state index in [1.165, 1.54) is 12.8 Å². The van der Waals surface area contributed by atoms with Gasteiger partial charge in [-0.2, -0.15) is 0 Å². The van der Waals surface area contributed by atoms with E-state index in [4.69, 9.17) is 0 Å². The second-order valence-corrected chi connectivity index (χ2v) is 3.93. The van der Waals surface area contributed by atoms with Gasteiger partial charge in [0.25, 0.3) is 0 Å². The van der Waals surface area contributed by atoms with Gasteiger partial charge in [0.1, 0.15) is 0 Å². The van der Waals surface area contributed by atoms with Gasteiger partial charge in [-0.25, -0.2) is 5.11 Å². The van der Waals surface area contributed by atoms with Crippen molar-refractivity contribution in [1.82, 2.24) is 5.32 Å². The summed E-state index contributed by atoms with van der Waals surface area (Å²) in [7, 11) is 0. The first-order valence-electron chi connectivity index (χ1n) is 4.69. The summed E-state index contributed by atoms with van der Waals surface area (Å²) >= 11 is 0. The molecule has 2 nitrogen and oxygen atoms in total. The van der Waals surface area contributed by atoms with Crippen LogP contribution in [0.4, 0.5) is 0 Å². The third kappa shape index (κ3) is 0.859. The molecule has 0 aromatic rings. The lowest BCUT2D eigenvalue weighted by Crippen LogP contribution is -2.52. The number of rotatable bonds is 2. The highest BCUT2D eigenvalue weighted by Crippen LogP contribution is 2.50. The summed E-state index contributed by atoms with van der Waals surface area (Å²) in [4.78, 5) is 0. The van der Waals surface area contributed by atoms with Crippen LogP contribution >= 0.6 is 0 Å². The van der Waals surface area contributed by atoms with E-state index in [2.05, 4.69) is 5.32 Å². The first-order valence-corrected chi connectivity index (χ1v) is 4.69. The van der Waals surface area contributed by atoms with Crippen molar-refractivity contribution in [1.29, 1.82) is 0 Å². The molecule has 1 heterocycles. The van der Waals surface area contributed by atoms with E-state index in [9.17, 15) is 5.11 Å². The standard InChI is InChI=1S/C9H16NO/c1-2-8(11)9-4-3-7(9)10-6-5-9/h7-8,10H,2-6H2,1H3. The Balaban J connectivity index is 2.09. The summed E-state index contributed by atoms with van der Waals surface area (Å²) in [5, 5.41) is 15.1. The van der Waals surface area contributed by atoms with Gasteiger partial charge < -0.3 is 5.32 Å². The summed E-state index contributed by atoms with van der Waals surface area (Å²) in [6, 6.07) is 0.574. The zero-order chi connectivity index (χ0) is 7.90. The van der Waals surface area contributed by atoms with Crippen LogP contribution in [-0.4, -0.2) is 18.7 Å². The Morgan fingerprint density at radius 3 is 2.91 bits per heavy atom. The van der Waals surface area contributed by atoms with Crippen LogP contribution in [0.2, 0.25) is 0 Å². The van der Waals surface area contributed by atoms with Crippen LogP contribution in [0.1, 0.15) is 32.6 Å². The van der Waals surface area contributed by atoms with Crippen LogP contribution in [0, 0.1) is 5.41 Å². The third-order valence-electron chi connectivity index (χ3n) is 3.59. The average Bonchev–Trinajstić information content (AvgIpc) is 2.27. The molecule has 1 aliphatic carbocycles. The predicted octanol–water partition coefficient (Wildman–Crippen LogP) is 1.34. The van der Waals surface area contributed by atoms with Crippen molar-refractivity contribution >= 4 is 0 Å². The first-order chi connectivity index (χ1) is 5.29. The maximum absolute atomic E-state index is 11.6. The van der Waals surface area contributed by atoms with Gasteiger partial charge in [-0.15, -0.1) is 0 Å². The molecule has 2 aliphatic rings. The minimum absolute atomic E-state index is 0.175. The van der Waals surface area contributed by atoms with Crippen LogP contribution in [0.5, 0.6) is 0 Å².